The Bertz CT molecular complexity index is 565. The van der Waals surface area contributed by atoms with E-state index in [0.29, 0.717) is 10.2 Å². The lowest BCUT2D eigenvalue weighted by molar-refractivity contribution is 0.0703. The van der Waals surface area contributed by atoms with Crippen molar-refractivity contribution < 1.29 is 14.3 Å². The average molecular weight is 226 g/mol. The minimum atomic E-state index is -1.12. The summed E-state index contributed by atoms with van der Waals surface area (Å²) < 4.78 is 13.2. The van der Waals surface area contributed by atoms with Gasteiger partial charge < -0.3 is 10.8 Å². The summed E-state index contributed by atoms with van der Waals surface area (Å²) in [7, 11) is 0. The maximum Gasteiger partial charge on any atom is 0.348 e. The summed E-state index contributed by atoms with van der Waals surface area (Å²) in [5, 5.41) is 9.18. The fourth-order valence-electron chi connectivity index (χ4n) is 1.26. The molecule has 0 radical (unpaired) electrons. The summed E-state index contributed by atoms with van der Waals surface area (Å²) >= 11 is 0.953. The number of aromatic nitrogens is 1. The maximum absolute atomic E-state index is 13.2. The Hall–Kier alpha value is -1.69. The highest BCUT2D eigenvalue weighted by atomic mass is 32.1. The maximum atomic E-state index is 13.2. The summed E-state index contributed by atoms with van der Waals surface area (Å²) in [5.74, 6) is -1.60. The first-order chi connectivity index (χ1) is 7.00. The molecule has 0 spiro atoms. The van der Waals surface area contributed by atoms with Crippen LogP contribution in [0.4, 0.5) is 10.1 Å². The molecule has 0 fully saturated rings. The number of thiophene rings is 1. The molecule has 2 heterocycles. The number of carbonyl (C=O) groups is 1. The summed E-state index contributed by atoms with van der Waals surface area (Å²) in [6, 6.07) is 1.22. The number of fused-ring (bicyclic) bond motifs is 1. The van der Waals surface area contributed by atoms with Crippen LogP contribution in [0.3, 0.4) is 0 Å². The number of hydrogen-bond acceptors (Lipinski definition) is 4. The molecule has 2 rings (SSSR count). The number of aromatic carboxylic acids is 1. The van der Waals surface area contributed by atoms with Crippen LogP contribution in [0.15, 0.2) is 6.07 Å². The quantitative estimate of drug-likeness (QED) is 0.780. The van der Waals surface area contributed by atoms with Crippen molar-refractivity contribution in [2.45, 2.75) is 6.92 Å². The lowest BCUT2D eigenvalue weighted by Crippen LogP contribution is -1.97. The largest absolute Gasteiger partial charge is 0.477 e. The fraction of sp³-hybridized carbons (Fsp3) is 0.111. The van der Waals surface area contributed by atoms with Gasteiger partial charge in [-0.25, -0.2) is 14.2 Å². The highest BCUT2D eigenvalue weighted by Gasteiger charge is 2.17. The molecular formula is C9H7FN2O2S. The van der Waals surface area contributed by atoms with Gasteiger partial charge in [0.05, 0.1) is 11.4 Å². The van der Waals surface area contributed by atoms with E-state index >= 15 is 0 Å². The predicted octanol–water partition coefficient (Wildman–Crippen LogP) is 2.02. The normalized spacial score (nSPS) is 10.8. The second-order valence-electron chi connectivity index (χ2n) is 3.06. The van der Waals surface area contributed by atoms with Gasteiger partial charge in [0.15, 0.2) is 0 Å². The van der Waals surface area contributed by atoms with Gasteiger partial charge in [-0.05, 0) is 13.0 Å². The van der Waals surface area contributed by atoms with Gasteiger partial charge in [-0.1, -0.05) is 0 Å². The molecule has 0 aliphatic rings. The molecule has 15 heavy (non-hydrogen) atoms. The smallest absolute Gasteiger partial charge is 0.348 e. The monoisotopic (exact) mass is 226 g/mol. The first kappa shape index (κ1) is 9.85. The topological polar surface area (TPSA) is 76.2 Å². The Morgan fingerprint density at radius 1 is 1.67 bits per heavy atom. The molecule has 0 aliphatic heterocycles. The van der Waals surface area contributed by atoms with Gasteiger partial charge in [-0.2, -0.15) is 0 Å². The molecular weight excluding hydrogens is 219 g/mol. The van der Waals surface area contributed by atoms with Gasteiger partial charge in [-0.3, -0.25) is 0 Å². The van der Waals surface area contributed by atoms with E-state index in [0.717, 1.165) is 11.3 Å². The Morgan fingerprint density at radius 2 is 2.33 bits per heavy atom. The third kappa shape index (κ3) is 1.42. The lowest BCUT2D eigenvalue weighted by Gasteiger charge is -1.95. The molecule has 78 valence electrons. The second kappa shape index (κ2) is 3.16. The predicted molar refractivity (Wildman–Crippen MR) is 55.7 cm³/mol. The number of anilines is 1. The van der Waals surface area contributed by atoms with Crippen LogP contribution in [0.1, 0.15) is 15.4 Å². The van der Waals surface area contributed by atoms with Gasteiger partial charge in [0, 0.05) is 5.39 Å². The molecule has 2 aromatic rings. The minimum absolute atomic E-state index is 0.00231. The van der Waals surface area contributed by atoms with Gasteiger partial charge in [-0.15, -0.1) is 11.3 Å². The SMILES string of the molecule is Cc1nc2sc(C(=O)O)c(N)c2cc1F. The van der Waals surface area contributed by atoms with Crippen molar-refractivity contribution in [1.29, 1.82) is 0 Å². The molecule has 4 nitrogen and oxygen atoms in total. The third-order valence-corrected chi connectivity index (χ3v) is 3.15. The number of halogens is 1. The highest BCUT2D eigenvalue weighted by molar-refractivity contribution is 7.21. The van der Waals surface area contributed by atoms with E-state index in [1.807, 2.05) is 0 Å². The zero-order valence-corrected chi connectivity index (χ0v) is 8.56. The van der Waals surface area contributed by atoms with Crippen molar-refractivity contribution in [3.05, 3.63) is 22.5 Å². The molecule has 0 aliphatic carbocycles. The van der Waals surface area contributed by atoms with Crippen molar-refractivity contribution in [1.82, 2.24) is 4.98 Å². The standard InChI is InChI=1S/C9H7FN2O2S/c1-3-5(10)2-4-6(11)7(9(13)14)15-8(4)12-3/h2H,11H2,1H3,(H,13,14). The van der Waals surface area contributed by atoms with Crippen molar-refractivity contribution in [3.8, 4) is 0 Å². The average Bonchev–Trinajstić information content (AvgIpc) is 2.46. The molecule has 0 atom stereocenters. The Balaban J connectivity index is 2.83. The van der Waals surface area contributed by atoms with E-state index in [2.05, 4.69) is 4.98 Å². The van der Waals surface area contributed by atoms with Gasteiger partial charge in [0.25, 0.3) is 0 Å². The van der Waals surface area contributed by atoms with Gasteiger partial charge >= 0.3 is 5.97 Å². The minimum Gasteiger partial charge on any atom is -0.477 e. The van der Waals surface area contributed by atoms with Crippen molar-refractivity contribution in [2.75, 3.05) is 5.73 Å². The van der Waals surface area contributed by atoms with Crippen molar-refractivity contribution in [3.63, 3.8) is 0 Å². The number of rotatable bonds is 1. The molecule has 3 N–H and O–H groups in total. The Morgan fingerprint density at radius 3 is 2.93 bits per heavy atom. The first-order valence-corrected chi connectivity index (χ1v) is 4.90. The zero-order valence-electron chi connectivity index (χ0n) is 7.74. The number of hydrogen-bond donors (Lipinski definition) is 2. The van der Waals surface area contributed by atoms with E-state index in [1.54, 1.807) is 0 Å². The van der Waals surface area contributed by atoms with Crippen LogP contribution in [0, 0.1) is 12.7 Å². The van der Waals surface area contributed by atoms with Gasteiger partial charge in [0.1, 0.15) is 15.5 Å². The summed E-state index contributed by atoms with van der Waals surface area (Å²) in [5.41, 5.74) is 5.90. The molecule has 0 unspecified atom stereocenters. The van der Waals surface area contributed by atoms with Crippen molar-refractivity contribution in [2.24, 2.45) is 0 Å². The summed E-state index contributed by atoms with van der Waals surface area (Å²) in [6.45, 7) is 1.52. The molecule has 0 saturated carbocycles. The van der Waals surface area contributed by atoms with Crippen LogP contribution < -0.4 is 5.73 Å². The number of nitrogens with two attached hydrogens (primary N) is 1. The summed E-state index contributed by atoms with van der Waals surface area (Å²) in [4.78, 5) is 15.2. The lowest BCUT2D eigenvalue weighted by atomic mass is 10.2. The molecule has 0 amide bonds. The highest BCUT2D eigenvalue weighted by Crippen LogP contribution is 2.33. The van der Waals surface area contributed by atoms with E-state index in [-0.39, 0.29) is 16.3 Å². The number of nitrogens with zero attached hydrogens (tertiary/aromatic N) is 1. The molecule has 6 heteroatoms. The summed E-state index contributed by atoms with van der Waals surface area (Å²) in [6.07, 6.45) is 0. The molecule has 2 aromatic heterocycles. The van der Waals surface area contributed by atoms with Crippen molar-refractivity contribution >= 4 is 33.2 Å². The Kier molecular flexibility index (Phi) is 2.08. The number of nitrogen functional groups attached to an aromatic ring is 1. The zero-order chi connectivity index (χ0) is 11.2. The van der Waals surface area contributed by atoms with Crippen LogP contribution >= 0.6 is 11.3 Å². The van der Waals surface area contributed by atoms with E-state index < -0.39 is 11.8 Å². The first-order valence-electron chi connectivity index (χ1n) is 4.09. The number of carboxylic acids is 1. The third-order valence-electron chi connectivity index (χ3n) is 2.04. The van der Waals surface area contributed by atoms with E-state index in [1.165, 1.54) is 13.0 Å². The molecule has 0 saturated heterocycles. The second-order valence-corrected chi connectivity index (χ2v) is 4.06. The van der Waals surface area contributed by atoms with Crippen LogP contribution in [0.5, 0.6) is 0 Å². The number of carboxylic acid groups (broad SMARTS) is 1. The number of aryl methyl sites for hydroxylation is 1. The Labute approximate surface area is 88.2 Å². The molecule has 0 aromatic carbocycles. The van der Waals surface area contributed by atoms with E-state index in [9.17, 15) is 9.18 Å². The van der Waals surface area contributed by atoms with E-state index in [4.69, 9.17) is 10.8 Å². The molecule has 0 bridgehead atoms. The van der Waals surface area contributed by atoms with Crippen LogP contribution in [-0.4, -0.2) is 16.1 Å². The van der Waals surface area contributed by atoms with Crippen LogP contribution in [0.25, 0.3) is 10.2 Å². The van der Waals surface area contributed by atoms with Gasteiger partial charge in [0.2, 0.25) is 0 Å². The fourth-order valence-corrected chi connectivity index (χ4v) is 2.22. The number of pyridine rings is 1. The van der Waals surface area contributed by atoms with Crippen LogP contribution in [0.2, 0.25) is 0 Å². The van der Waals surface area contributed by atoms with Crippen LogP contribution in [-0.2, 0) is 0 Å².